The summed E-state index contributed by atoms with van der Waals surface area (Å²) in [6, 6.07) is -1.03. The van der Waals surface area contributed by atoms with E-state index in [9.17, 15) is 4.79 Å². The lowest BCUT2D eigenvalue weighted by atomic mass is 10.0. The highest BCUT2D eigenvalue weighted by atomic mass is 32.1. The van der Waals surface area contributed by atoms with E-state index in [1.54, 1.807) is 5.38 Å². The molecule has 2 rings (SSSR count). The molecule has 1 heterocycles. The minimum atomic E-state index is -1.05. The summed E-state index contributed by atoms with van der Waals surface area (Å²) in [6.45, 7) is 3.11. The van der Waals surface area contributed by atoms with E-state index in [0.29, 0.717) is 11.1 Å². The van der Waals surface area contributed by atoms with Gasteiger partial charge in [-0.1, -0.05) is 6.92 Å². The number of hydrogen-bond donors (Lipinski definition) is 3. The SMILES string of the molecule is CCC1(CNc2nc(C(N)C(=O)O)cs2)CC1. The molecule has 0 spiro atoms. The van der Waals surface area contributed by atoms with E-state index in [4.69, 9.17) is 10.8 Å². The van der Waals surface area contributed by atoms with Crippen LogP contribution in [-0.2, 0) is 4.79 Å². The van der Waals surface area contributed by atoms with Gasteiger partial charge in [-0.3, -0.25) is 4.79 Å². The molecule has 6 heteroatoms. The van der Waals surface area contributed by atoms with Gasteiger partial charge < -0.3 is 16.2 Å². The molecule has 0 bridgehead atoms. The van der Waals surface area contributed by atoms with E-state index in [0.717, 1.165) is 11.7 Å². The van der Waals surface area contributed by atoms with Crippen LogP contribution in [0.1, 0.15) is 37.9 Å². The topological polar surface area (TPSA) is 88.2 Å². The molecule has 0 radical (unpaired) electrons. The molecule has 94 valence electrons. The van der Waals surface area contributed by atoms with Gasteiger partial charge in [0.05, 0.1) is 5.69 Å². The highest BCUT2D eigenvalue weighted by Crippen LogP contribution is 2.48. The molecule has 0 aliphatic heterocycles. The molecule has 17 heavy (non-hydrogen) atoms. The highest BCUT2D eigenvalue weighted by molar-refractivity contribution is 7.13. The zero-order chi connectivity index (χ0) is 12.5. The van der Waals surface area contributed by atoms with Crippen LogP contribution in [0.2, 0.25) is 0 Å². The Labute approximate surface area is 104 Å². The van der Waals surface area contributed by atoms with Gasteiger partial charge in [0.2, 0.25) is 0 Å². The Morgan fingerprint density at radius 1 is 1.76 bits per heavy atom. The smallest absolute Gasteiger partial charge is 0.326 e. The van der Waals surface area contributed by atoms with Crippen molar-refractivity contribution in [2.24, 2.45) is 11.1 Å². The number of nitrogens with zero attached hydrogens (tertiary/aromatic N) is 1. The molecule has 5 nitrogen and oxygen atoms in total. The number of aliphatic carboxylic acids is 1. The summed E-state index contributed by atoms with van der Waals surface area (Å²) in [5, 5.41) is 14.5. The lowest BCUT2D eigenvalue weighted by Crippen LogP contribution is -2.21. The highest BCUT2D eigenvalue weighted by Gasteiger charge is 2.40. The molecule has 1 atom stereocenters. The number of carbonyl (C=O) groups is 1. The molecule has 1 aromatic rings. The number of anilines is 1. The van der Waals surface area contributed by atoms with E-state index in [1.807, 2.05) is 0 Å². The maximum atomic E-state index is 10.7. The van der Waals surface area contributed by atoms with Gasteiger partial charge in [0.1, 0.15) is 6.04 Å². The van der Waals surface area contributed by atoms with Crippen LogP contribution in [0.4, 0.5) is 5.13 Å². The average Bonchev–Trinajstić information content (AvgIpc) is 2.95. The third-order valence-electron chi connectivity index (χ3n) is 3.43. The molecular weight excluding hydrogens is 238 g/mol. The summed E-state index contributed by atoms with van der Waals surface area (Å²) in [6.07, 6.45) is 3.71. The van der Waals surface area contributed by atoms with Crippen molar-refractivity contribution in [1.82, 2.24) is 4.98 Å². The first-order valence-corrected chi connectivity index (χ1v) is 6.62. The van der Waals surface area contributed by atoms with E-state index in [-0.39, 0.29) is 0 Å². The number of carboxylic acid groups (broad SMARTS) is 1. The molecule has 1 aliphatic carbocycles. The Balaban J connectivity index is 1.92. The Hall–Kier alpha value is -1.14. The van der Waals surface area contributed by atoms with Crippen molar-refractivity contribution >= 4 is 22.4 Å². The van der Waals surface area contributed by atoms with Crippen molar-refractivity contribution in [1.29, 1.82) is 0 Å². The monoisotopic (exact) mass is 255 g/mol. The molecule has 1 saturated carbocycles. The van der Waals surface area contributed by atoms with E-state index < -0.39 is 12.0 Å². The van der Waals surface area contributed by atoms with E-state index >= 15 is 0 Å². The zero-order valence-electron chi connectivity index (χ0n) is 9.77. The maximum Gasteiger partial charge on any atom is 0.326 e. The number of carboxylic acids is 1. The molecule has 1 unspecified atom stereocenters. The Kier molecular flexibility index (Phi) is 3.35. The second kappa shape index (κ2) is 4.62. The van der Waals surface area contributed by atoms with Crippen LogP contribution in [0.5, 0.6) is 0 Å². The fourth-order valence-corrected chi connectivity index (χ4v) is 2.48. The number of aromatic nitrogens is 1. The summed E-state index contributed by atoms with van der Waals surface area (Å²) in [7, 11) is 0. The summed E-state index contributed by atoms with van der Waals surface area (Å²) < 4.78 is 0. The van der Waals surface area contributed by atoms with Gasteiger partial charge in [-0.2, -0.15) is 0 Å². The average molecular weight is 255 g/mol. The molecule has 0 amide bonds. The Morgan fingerprint density at radius 2 is 2.47 bits per heavy atom. The number of rotatable bonds is 6. The fourth-order valence-electron chi connectivity index (χ4n) is 1.73. The standard InChI is InChI=1S/C11H17N3O2S/c1-2-11(3-4-11)6-13-10-14-7(5-17-10)8(12)9(15)16/h5,8H,2-4,6,12H2,1H3,(H,13,14)(H,15,16). The van der Waals surface area contributed by atoms with Crippen molar-refractivity contribution in [2.45, 2.75) is 32.2 Å². The minimum absolute atomic E-state index is 0.423. The second-order valence-corrected chi connectivity index (χ2v) is 5.46. The van der Waals surface area contributed by atoms with Gasteiger partial charge in [0, 0.05) is 11.9 Å². The number of thiazole rings is 1. The van der Waals surface area contributed by atoms with Crippen LogP contribution in [-0.4, -0.2) is 22.6 Å². The van der Waals surface area contributed by atoms with Gasteiger partial charge in [0.15, 0.2) is 5.13 Å². The Bertz CT molecular complexity index is 415. The largest absolute Gasteiger partial charge is 0.480 e. The van der Waals surface area contributed by atoms with Crippen molar-refractivity contribution < 1.29 is 9.90 Å². The molecule has 4 N–H and O–H groups in total. The van der Waals surface area contributed by atoms with Crippen LogP contribution >= 0.6 is 11.3 Å². The third kappa shape index (κ3) is 2.76. The molecule has 1 fully saturated rings. The summed E-state index contributed by atoms with van der Waals surface area (Å²) in [5.74, 6) is -1.05. The third-order valence-corrected chi connectivity index (χ3v) is 4.25. The predicted octanol–water partition coefficient (Wildman–Crippen LogP) is 1.83. The predicted molar refractivity (Wildman–Crippen MR) is 67.1 cm³/mol. The summed E-state index contributed by atoms with van der Waals surface area (Å²) in [4.78, 5) is 14.9. The fraction of sp³-hybridized carbons (Fsp3) is 0.636. The quantitative estimate of drug-likeness (QED) is 0.721. The first-order valence-electron chi connectivity index (χ1n) is 5.74. The normalized spacial score (nSPS) is 18.7. The van der Waals surface area contributed by atoms with Crippen molar-refractivity contribution in [3.63, 3.8) is 0 Å². The maximum absolute atomic E-state index is 10.7. The van der Waals surface area contributed by atoms with Crippen molar-refractivity contribution in [2.75, 3.05) is 11.9 Å². The zero-order valence-corrected chi connectivity index (χ0v) is 10.6. The number of nitrogens with one attached hydrogen (secondary N) is 1. The number of nitrogens with two attached hydrogens (primary N) is 1. The van der Waals surface area contributed by atoms with Crippen molar-refractivity contribution in [3.8, 4) is 0 Å². The van der Waals surface area contributed by atoms with Gasteiger partial charge in [0.25, 0.3) is 0 Å². The lowest BCUT2D eigenvalue weighted by Gasteiger charge is -2.12. The van der Waals surface area contributed by atoms with Crippen LogP contribution < -0.4 is 11.1 Å². The van der Waals surface area contributed by atoms with E-state index in [2.05, 4.69) is 17.2 Å². The lowest BCUT2D eigenvalue weighted by molar-refractivity contribution is -0.138. The minimum Gasteiger partial charge on any atom is -0.480 e. The molecule has 1 aromatic heterocycles. The Morgan fingerprint density at radius 3 is 3.00 bits per heavy atom. The van der Waals surface area contributed by atoms with Gasteiger partial charge in [-0.05, 0) is 24.7 Å². The molecular formula is C11H17N3O2S. The molecule has 0 aromatic carbocycles. The van der Waals surface area contributed by atoms with Crippen LogP contribution in [0, 0.1) is 5.41 Å². The van der Waals surface area contributed by atoms with Gasteiger partial charge in [-0.25, -0.2) is 4.98 Å². The van der Waals surface area contributed by atoms with Crippen LogP contribution in [0.25, 0.3) is 0 Å². The second-order valence-electron chi connectivity index (χ2n) is 4.60. The first kappa shape index (κ1) is 12.3. The summed E-state index contributed by atoms with van der Waals surface area (Å²) >= 11 is 1.41. The van der Waals surface area contributed by atoms with Crippen LogP contribution in [0.15, 0.2) is 5.38 Å². The summed E-state index contributed by atoms with van der Waals surface area (Å²) in [5.41, 5.74) is 6.36. The van der Waals surface area contributed by atoms with Crippen molar-refractivity contribution in [3.05, 3.63) is 11.1 Å². The number of hydrogen-bond acceptors (Lipinski definition) is 5. The molecule has 1 aliphatic rings. The van der Waals surface area contributed by atoms with E-state index in [1.165, 1.54) is 30.6 Å². The van der Waals surface area contributed by atoms with Gasteiger partial charge >= 0.3 is 5.97 Å². The van der Waals surface area contributed by atoms with Gasteiger partial charge in [-0.15, -0.1) is 11.3 Å². The molecule has 0 saturated heterocycles. The van der Waals surface area contributed by atoms with Crippen LogP contribution in [0.3, 0.4) is 0 Å². The first-order chi connectivity index (χ1) is 8.06.